The van der Waals surface area contributed by atoms with Crippen LogP contribution in [-0.4, -0.2) is 52.5 Å². The van der Waals surface area contributed by atoms with Crippen LogP contribution in [0.5, 0.6) is 0 Å². The van der Waals surface area contributed by atoms with Gasteiger partial charge in [0.1, 0.15) is 0 Å². The number of rotatable bonds is 5. The molecule has 1 amide bonds. The summed E-state index contributed by atoms with van der Waals surface area (Å²) < 4.78 is 14.0. The maximum atomic E-state index is 10.9. The summed E-state index contributed by atoms with van der Waals surface area (Å²) >= 11 is 0. The zero-order chi connectivity index (χ0) is 11.0. The number of esters is 1. The molecule has 1 atom stereocenters. The molecule has 0 spiro atoms. The van der Waals surface area contributed by atoms with Gasteiger partial charge in [0.25, 0.3) is 0 Å². The molecule has 0 radical (unpaired) electrons. The lowest BCUT2D eigenvalue weighted by atomic mass is 10.3. The molecule has 0 aliphatic heterocycles. The highest BCUT2D eigenvalue weighted by Crippen LogP contribution is 1.88. The number of carbonyl (C=O) groups excluding carboxylic acids is 2. The van der Waals surface area contributed by atoms with E-state index in [9.17, 15) is 9.59 Å². The molecule has 0 aromatic rings. The van der Waals surface area contributed by atoms with Crippen LogP contribution in [0.25, 0.3) is 0 Å². The van der Waals surface area contributed by atoms with Gasteiger partial charge in [0.05, 0.1) is 19.8 Å². The third kappa shape index (κ3) is 4.78. The van der Waals surface area contributed by atoms with Crippen LogP contribution in [0.2, 0.25) is 0 Å². The van der Waals surface area contributed by atoms with Crippen molar-refractivity contribution in [1.82, 2.24) is 5.32 Å². The van der Waals surface area contributed by atoms with Crippen LogP contribution in [-0.2, 0) is 23.8 Å². The minimum absolute atomic E-state index is 0.207. The Hall–Kier alpha value is -1.14. The van der Waals surface area contributed by atoms with E-state index in [-0.39, 0.29) is 12.6 Å². The third-order valence-corrected chi connectivity index (χ3v) is 1.55. The molecule has 0 saturated carbocycles. The second kappa shape index (κ2) is 7.28. The van der Waals surface area contributed by atoms with Crippen LogP contribution in [0.3, 0.4) is 0 Å². The zero-order valence-corrected chi connectivity index (χ0v) is 8.53. The van der Waals surface area contributed by atoms with Gasteiger partial charge in [-0.25, -0.2) is 4.79 Å². The molecular formula is C8H15NO5. The second-order valence-corrected chi connectivity index (χ2v) is 2.51. The Morgan fingerprint density at radius 2 is 1.93 bits per heavy atom. The molecule has 0 aliphatic rings. The fourth-order valence-electron chi connectivity index (χ4n) is 0.768. The summed E-state index contributed by atoms with van der Waals surface area (Å²) in [4.78, 5) is 21.6. The summed E-state index contributed by atoms with van der Waals surface area (Å²) in [7, 11) is 4.16. The van der Waals surface area contributed by atoms with Crippen molar-refractivity contribution in [2.24, 2.45) is 0 Å². The molecule has 6 heteroatoms. The summed E-state index contributed by atoms with van der Waals surface area (Å²) in [6, 6.07) is 0. The van der Waals surface area contributed by atoms with Crippen LogP contribution in [0, 0.1) is 0 Å². The monoisotopic (exact) mass is 205 g/mol. The van der Waals surface area contributed by atoms with Crippen LogP contribution in [0.4, 0.5) is 0 Å². The van der Waals surface area contributed by atoms with Gasteiger partial charge < -0.3 is 19.5 Å². The molecule has 0 aromatic heterocycles. The van der Waals surface area contributed by atoms with Gasteiger partial charge in [-0.05, 0) is 0 Å². The Kier molecular flexibility index (Phi) is 6.69. The van der Waals surface area contributed by atoms with Gasteiger partial charge >= 0.3 is 11.9 Å². The van der Waals surface area contributed by atoms with E-state index in [1.165, 1.54) is 14.2 Å². The number of carbonyl (C=O) groups is 2. The molecule has 0 rings (SSSR count). The van der Waals surface area contributed by atoms with Crippen molar-refractivity contribution < 1.29 is 23.8 Å². The Labute approximate surface area is 82.5 Å². The van der Waals surface area contributed by atoms with Gasteiger partial charge in [0, 0.05) is 20.8 Å². The smallest absolute Gasteiger partial charge is 0.396 e. The lowest BCUT2D eigenvalue weighted by Gasteiger charge is -2.14. The number of ether oxygens (including phenoxy) is 3. The Bertz CT molecular complexity index is 194. The van der Waals surface area contributed by atoms with Gasteiger partial charge in [0.15, 0.2) is 0 Å². The summed E-state index contributed by atoms with van der Waals surface area (Å²) in [6.45, 7) is 0.552. The fourth-order valence-corrected chi connectivity index (χ4v) is 0.768. The highest BCUT2D eigenvalue weighted by Gasteiger charge is 2.15. The molecule has 14 heavy (non-hydrogen) atoms. The molecule has 0 aromatic carbocycles. The predicted octanol–water partition coefficient (Wildman–Crippen LogP) is -1.06. The molecule has 0 heterocycles. The van der Waals surface area contributed by atoms with Crippen LogP contribution < -0.4 is 5.32 Å². The summed E-state index contributed by atoms with van der Waals surface area (Å²) in [5, 5.41) is 2.35. The number of hydrogen-bond donors (Lipinski definition) is 1. The molecule has 1 N–H and O–H groups in total. The van der Waals surface area contributed by atoms with E-state index in [1.807, 2.05) is 0 Å². The van der Waals surface area contributed by atoms with Gasteiger partial charge in [-0.2, -0.15) is 0 Å². The van der Waals surface area contributed by atoms with Crippen molar-refractivity contribution in [1.29, 1.82) is 0 Å². The minimum Gasteiger partial charge on any atom is -0.462 e. The molecule has 1 unspecified atom stereocenters. The molecule has 0 fully saturated rings. The Balaban J connectivity index is 3.79. The summed E-state index contributed by atoms with van der Waals surface area (Å²) in [6.07, 6.45) is -0.270. The first-order chi connectivity index (χ1) is 6.65. The number of nitrogens with one attached hydrogen (secondary N) is 1. The Morgan fingerprint density at radius 1 is 1.29 bits per heavy atom. The maximum Gasteiger partial charge on any atom is 0.396 e. The topological polar surface area (TPSA) is 73.9 Å². The Morgan fingerprint density at radius 3 is 2.36 bits per heavy atom. The van der Waals surface area contributed by atoms with E-state index in [2.05, 4.69) is 10.1 Å². The van der Waals surface area contributed by atoms with E-state index in [1.54, 1.807) is 0 Å². The van der Waals surface area contributed by atoms with E-state index in [0.29, 0.717) is 6.61 Å². The molecular weight excluding hydrogens is 190 g/mol. The molecule has 0 bridgehead atoms. The average Bonchev–Trinajstić information content (AvgIpc) is 2.22. The first-order valence-corrected chi connectivity index (χ1v) is 4.03. The summed E-state index contributed by atoms with van der Waals surface area (Å²) in [5.41, 5.74) is 0. The lowest BCUT2D eigenvalue weighted by molar-refractivity contribution is -0.153. The van der Waals surface area contributed by atoms with E-state index < -0.39 is 11.9 Å². The van der Waals surface area contributed by atoms with Crippen LogP contribution >= 0.6 is 0 Å². The van der Waals surface area contributed by atoms with Crippen LogP contribution in [0.1, 0.15) is 0 Å². The van der Waals surface area contributed by atoms with Crippen molar-refractivity contribution >= 4 is 11.9 Å². The SMILES string of the molecule is COCC(CNC(=O)C(=O)OC)OC. The van der Waals surface area contributed by atoms with E-state index >= 15 is 0 Å². The predicted molar refractivity (Wildman–Crippen MR) is 47.7 cm³/mol. The van der Waals surface area contributed by atoms with Crippen LogP contribution in [0.15, 0.2) is 0 Å². The van der Waals surface area contributed by atoms with Crippen molar-refractivity contribution in [2.75, 3.05) is 34.5 Å². The zero-order valence-electron chi connectivity index (χ0n) is 8.53. The molecule has 6 nitrogen and oxygen atoms in total. The summed E-state index contributed by atoms with van der Waals surface area (Å²) in [5.74, 6) is -1.71. The highest BCUT2D eigenvalue weighted by molar-refractivity contribution is 6.32. The number of methoxy groups -OCH3 is 3. The quantitative estimate of drug-likeness (QED) is 0.457. The van der Waals surface area contributed by atoms with Crippen molar-refractivity contribution in [2.45, 2.75) is 6.10 Å². The van der Waals surface area contributed by atoms with E-state index in [4.69, 9.17) is 9.47 Å². The fraction of sp³-hybridized carbons (Fsp3) is 0.750. The van der Waals surface area contributed by atoms with Gasteiger partial charge in [0.2, 0.25) is 0 Å². The molecule has 82 valence electrons. The van der Waals surface area contributed by atoms with Gasteiger partial charge in [-0.1, -0.05) is 0 Å². The maximum absolute atomic E-state index is 10.9. The van der Waals surface area contributed by atoms with Crippen molar-refractivity contribution in [3.05, 3.63) is 0 Å². The minimum atomic E-state index is -0.919. The largest absolute Gasteiger partial charge is 0.462 e. The lowest BCUT2D eigenvalue weighted by Crippen LogP contribution is -2.39. The normalized spacial score (nSPS) is 11.9. The standard InChI is InChI=1S/C8H15NO5/c1-12-5-6(13-2)4-9-7(10)8(11)14-3/h6H,4-5H2,1-3H3,(H,9,10). The number of hydrogen-bond acceptors (Lipinski definition) is 5. The van der Waals surface area contributed by atoms with Crippen molar-refractivity contribution in [3.8, 4) is 0 Å². The number of amides is 1. The second-order valence-electron chi connectivity index (χ2n) is 2.51. The van der Waals surface area contributed by atoms with E-state index in [0.717, 1.165) is 7.11 Å². The average molecular weight is 205 g/mol. The first-order valence-electron chi connectivity index (χ1n) is 4.03. The molecule has 0 saturated heterocycles. The van der Waals surface area contributed by atoms with Gasteiger partial charge in [-0.3, -0.25) is 4.79 Å². The van der Waals surface area contributed by atoms with Gasteiger partial charge in [-0.15, -0.1) is 0 Å². The highest BCUT2D eigenvalue weighted by atomic mass is 16.5. The first kappa shape index (κ1) is 12.9. The van der Waals surface area contributed by atoms with Crippen molar-refractivity contribution in [3.63, 3.8) is 0 Å². The third-order valence-electron chi connectivity index (χ3n) is 1.55. The molecule has 0 aliphatic carbocycles.